The first-order chi connectivity index (χ1) is 11.7. The fourth-order valence-corrected chi connectivity index (χ4v) is 5.87. The van der Waals surface area contributed by atoms with Gasteiger partial charge in [-0.3, -0.25) is 4.79 Å². The first kappa shape index (κ1) is 16.3. The number of carbonyl (C=O) groups is 1. The van der Waals surface area contributed by atoms with E-state index < -0.39 is 0 Å². The predicted molar refractivity (Wildman–Crippen MR) is 102 cm³/mol. The van der Waals surface area contributed by atoms with E-state index in [9.17, 15) is 4.79 Å². The fraction of sp³-hybridized carbons (Fsp3) is 0.526. The van der Waals surface area contributed by atoms with Crippen molar-refractivity contribution in [2.24, 2.45) is 5.92 Å². The first-order valence-corrected chi connectivity index (χ1v) is 10.6. The van der Waals surface area contributed by atoms with Crippen LogP contribution in [-0.2, 0) is 4.79 Å². The van der Waals surface area contributed by atoms with Crippen molar-refractivity contribution in [2.75, 3.05) is 26.7 Å². The number of nitrogens with zero attached hydrogens (tertiary/aromatic N) is 2. The van der Waals surface area contributed by atoms with Crippen LogP contribution in [0, 0.1) is 5.92 Å². The van der Waals surface area contributed by atoms with Gasteiger partial charge in [-0.05, 0) is 61.3 Å². The van der Waals surface area contributed by atoms with Gasteiger partial charge in [-0.25, -0.2) is 0 Å². The van der Waals surface area contributed by atoms with Crippen molar-refractivity contribution in [2.45, 2.75) is 31.7 Å². The van der Waals surface area contributed by atoms with E-state index in [2.05, 4.69) is 33.9 Å². The summed E-state index contributed by atoms with van der Waals surface area (Å²) in [5, 5.41) is 4.31. The molecule has 0 saturated carbocycles. The Hall–Kier alpha value is -1.17. The zero-order valence-electron chi connectivity index (χ0n) is 14.1. The maximum Gasteiger partial charge on any atom is 0.227 e. The van der Waals surface area contributed by atoms with Crippen molar-refractivity contribution in [1.29, 1.82) is 0 Å². The smallest absolute Gasteiger partial charge is 0.227 e. The van der Waals surface area contributed by atoms with Crippen molar-refractivity contribution in [3.05, 3.63) is 33.8 Å². The number of amides is 1. The van der Waals surface area contributed by atoms with Gasteiger partial charge in [0, 0.05) is 28.9 Å². The molecule has 5 heteroatoms. The lowest BCUT2D eigenvalue weighted by Crippen LogP contribution is -2.36. The summed E-state index contributed by atoms with van der Waals surface area (Å²) in [6, 6.07) is 6.85. The number of piperidine rings is 1. The van der Waals surface area contributed by atoms with Crippen molar-refractivity contribution in [3.63, 3.8) is 0 Å². The normalized spacial score (nSPS) is 25.5. The molecule has 0 radical (unpaired) electrons. The minimum absolute atomic E-state index is 0.171. The van der Waals surface area contributed by atoms with Gasteiger partial charge < -0.3 is 9.80 Å². The Bertz CT molecular complexity index is 688. The van der Waals surface area contributed by atoms with E-state index in [-0.39, 0.29) is 12.0 Å². The van der Waals surface area contributed by atoms with Crippen LogP contribution in [0.15, 0.2) is 29.0 Å². The monoisotopic (exact) mass is 360 g/mol. The van der Waals surface area contributed by atoms with Gasteiger partial charge >= 0.3 is 0 Å². The average molecular weight is 361 g/mol. The van der Waals surface area contributed by atoms with E-state index in [0.717, 1.165) is 13.0 Å². The minimum atomic E-state index is 0.171. The Morgan fingerprint density at radius 3 is 2.75 bits per heavy atom. The highest BCUT2D eigenvalue weighted by molar-refractivity contribution is 7.16. The lowest BCUT2D eigenvalue weighted by Gasteiger charge is -2.28. The summed E-state index contributed by atoms with van der Waals surface area (Å²) >= 11 is 3.57. The minimum Gasteiger partial charge on any atom is -0.338 e. The second-order valence-corrected chi connectivity index (χ2v) is 8.87. The van der Waals surface area contributed by atoms with Crippen molar-refractivity contribution < 1.29 is 4.79 Å². The summed E-state index contributed by atoms with van der Waals surface area (Å²) in [5.74, 6) is 0.501. The third kappa shape index (κ3) is 3.17. The third-order valence-corrected chi connectivity index (χ3v) is 7.28. The van der Waals surface area contributed by atoms with Gasteiger partial charge in [0.15, 0.2) is 0 Å². The van der Waals surface area contributed by atoms with E-state index in [1.807, 2.05) is 23.3 Å². The van der Waals surface area contributed by atoms with Gasteiger partial charge in [0.25, 0.3) is 0 Å². The second kappa shape index (κ2) is 6.98. The maximum absolute atomic E-state index is 12.7. The molecular formula is C19H24N2OS2. The first-order valence-electron chi connectivity index (χ1n) is 8.83. The molecular weight excluding hydrogens is 336 g/mol. The molecule has 2 fully saturated rings. The molecule has 2 atom stereocenters. The maximum atomic E-state index is 12.7. The number of likely N-dealkylation sites (tertiary alicyclic amines) is 2. The molecule has 0 spiro atoms. The molecule has 2 aromatic heterocycles. The van der Waals surface area contributed by atoms with Gasteiger partial charge in [0.2, 0.25) is 5.91 Å². The standard InChI is InChI=1S/C19H24N2OS2/c1-20-16(18-6-5-17(24-18)14-7-10-23-13-14)11-15(19(20)22)12-21-8-3-2-4-9-21/h5-7,10,13,15-16H,2-4,8-9,11-12H2,1H3. The third-order valence-electron chi connectivity index (χ3n) is 5.36. The number of hydrogen-bond donors (Lipinski definition) is 0. The van der Waals surface area contributed by atoms with Crippen LogP contribution in [0.25, 0.3) is 10.4 Å². The van der Waals surface area contributed by atoms with Crippen LogP contribution in [0.2, 0.25) is 0 Å². The van der Waals surface area contributed by atoms with E-state index >= 15 is 0 Å². The molecule has 24 heavy (non-hydrogen) atoms. The van der Waals surface area contributed by atoms with Crippen LogP contribution < -0.4 is 0 Å². The second-order valence-electron chi connectivity index (χ2n) is 6.97. The van der Waals surface area contributed by atoms with E-state index in [0.29, 0.717) is 5.91 Å². The summed E-state index contributed by atoms with van der Waals surface area (Å²) < 4.78 is 0. The fourth-order valence-electron chi connectivity index (χ4n) is 3.98. The summed E-state index contributed by atoms with van der Waals surface area (Å²) in [5.41, 5.74) is 1.30. The highest BCUT2D eigenvalue weighted by Crippen LogP contribution is 2.41. The zero-order chi connectivity index (χ0) is 16.5. The Kier molecular flexibility index (Phi) is 4.74. The molecule has 1 amide bonds. The lowest BCUT2D eigenvalue weighted by atomic mass is 10.0. The molecule has 2 unspecified atom stereocenters. The van der Waals surface area contributed by atoms with Gasteiger partial charge in [-0.1, -0.05) is 6.42 Å². The molecule has 3 nitrogen and oxygen atoms in total. The summed E-state index contributed by atoms with van der Waals surface area (Å²) in [6.07, 6.45) is 4.89. The Morgan fingerprint density at radius 1 is 1.17 bits per heavy atom. The van der Waals surface area contributed by atoms with E-state index in [1.165, 1.54) is 47.7 Å². The largest absolute Gasteiger partial charge is 0.338 e. The molecule has 2 aliphatic heterocycles. The summed E-state index contributed by atoms with van der Waals surface area (Å²) in [7, 11) is 1.98. The van der Waals surface area contributed by atoms with Crippen LogP contribution in [0.5, 0.6) is 0 Å². The molecule has 2 saturated heterocycles. The van der Waals surface area contributed by atoms with Crippen molar-refractivity contribution in [3.8, 4) is 10.4 Å². The Morgan fingerprint density at radius 2 is 2.00 bits per heavy atom. The van der Waals surface area contributed by atoms with E-state index in [4.69, 9.17) is 0 Å². The quantitative estimate of drug-likeness (QED) is 0.802. The number of hydrogen-bond acceptors (Lipinski definition) is 4. The molecule has 2 aliphatic rings. The SMILES string of the molecule is CN1C(=O)C(CN2CCCCC2)CC1c1ccc(-c2ccsc2)s1. The molecule has 0 bridgehead atoms. The predicted octanol–water partition coefficient (Wildman–Crippen LogP) is 4.48. The van der Waals surface area contributed by atoms with Crippen LogP contribution in [0.3, 0.4) is 0 Å². The molecule has 2 aromatic rings. The number of thiophene rings is 2. The van der Waals surface area contributed by atoms with Crippen LogP contribution in [0.1, 0.15) is 36.6 Å². The molecule has 4 rings (SSSR count). The van der Waals surface area contributed by atoms with Crippen LogP contribution in [0.4, 0.5) is 0 Å². The van der Waals surface area contributed by atoms with Gasteiger partial charge in [-0.15, -0.1) is 11.3 Å². The average Bonchev–Trinajstić information content (AvgIpc) is 3.33. The number of rotatable bonds is 4. The summed E-state index contributed by atoms with van der Waals surface area (Å²) in [4.78, 5) is 19.8. The molecule has 0 aromatic carbocycles. The summed E-state index contributed by atoms with van der Waals surface area (Å²) in [6.45, 7) is 3.28. The van der Waals surface area contributed by atoms with Crippen molar-refractivity contribution in [1.82, 2.24) is 9.80 Å². The van der Waals surface area contributed by atoms with Crippen molar-refractivity contribution >= 4 is 28.6 Å². The molecule has 4 heterocycles. The van der Waals surface area contributed by atoms with Crippen LogP contribution in [-0.4, -0.2) is 42.4 Å². The Labute approximate surface area is 151 Å². The van der Waals surface area contributed by atoms with Gasteiger partial charge in [0.05, 0.1) is 12.0 Å². The highest BCUT2D eigenvalue weighted by atomic mass is 32.1. The highest BCUT2D eigenvalue weighted by Gasteiger charge is 2.39. The molecule has 0 aliphatic carbocycles. The van der Waals surface area contributed by atoms with Crippen LogP contribution >= 0.6 is 22.7 Å². The number of carbonyl (C=O) groups excluding carboxylic acids is 1. The van der Waals surface area contributed by atoms with E-state index in [1.54, 1.807) is 11.3 Å². The lowest BCUT2D eigenvalue weighted by molar-refractivity contribution is -0.131. The van der Waals surface area contributed by atoms with Gasteiger partial charge in [0.1, 0.15) is 0 Å². The zero-order valence-corrected chi connectivity index (χ0v) is 15.7. The Balaban J connectivity index is 1.47. The van der Waals surface area contributed by atoms with Gasteiger partial charge in [-0.2, -0.15) is 11.3 Å². The molecule has 0 N–H and O–H groups in total. The topological polar surface area (TPSA) is 23.6 Å². The molecule has 128 valence electrons.